The Morgan fingerprint density at radius 2 is 1.82 bits per heavy atom. The molecule has 8 nitrogen and oxygen atoms in total. The predicted octanol–water partition coefficient (Wildman–Crippen LogP) is 4.91. The molecule has 2 heterocycles. The van der Waals surface area contributed by atoms with Gasteiger partial charge in [-0.3, -0.25) is 9.59 Å². The second-order valence-corrected chi connectivity index (χ2v) is 9.72. The molecular weight excluding hydrogens is 472 g/mol. The van der Waals surface area contributed by atoms with Crippen molar-refractivity contribution in [3.8, 4) is 11.4 Å². The zero-order valence-corrected chi connectivity index (χ0v) is 19.9. The number of carbonyl (C=O) groups is 2. The number of benzene rings is 2. The van der Waals surface area contributed by atoms with Crippen molar-refractivity contribution in [1.29, 1.82) is 0 Å². The minimum Gasteiger partial charge on any atom is -0.352 e. The predicted molar refractivity (Wildman–Crippen MR) is 133 cm³/mol. The van der Waals surface area contributed by atoms with Gasteiger partial charge in [0, 0.05) is 21.7 Å². The van der Waals surface area contributed by atoms with Gasteiger partial charge in [0.05, 0.1) is 10.7 Å². The second kappa shape index (κ2) is 9.90. The topological polar surface area (TPSA) is 102 Å². The van der Waals surface area contributed by atoms with Gasteiger partial charge in [-0.05, 0) is 36.3 Å². The summed E-state index contributed by atoms with van der Waals surface area (Å²) in [6.45, 7) is -0.00455. The van der Waals surface area contributed by atoms with Gasteiger partial charge in [-0.1, -0.05) is 61.2 Å². The molecule has 0 radical (unpaired) electrons. The summed E-state index contributed by atoms with van der Waals surface area (Å²) in [6.07, 6.45) is 5.54. The van der Waals surface area contributed by atoms with Crippen LogP contribution in [-0.2, 0) is 11.3 Å². The highest BCUT2D eigenvalue weighted by Gasteiger charge is 2.20. The fraction of sp³-hybridized carbons (Fsp3) is 0.292. The maximum absolute atomic E-state index is 13.0. The smallest absolute Gasteiger partial charge is 0.267 e. The standard InChI is InChI=1S/C24H23ClN6O2S/c25-21-17-11-5-7-13-19(17)34-22(21)24(33)27-18-12-6-4-10-16(18)23-28-30-31(29-23)14-20(32)26-15-8-2-1-3-9-15/h4-7,10-13,15H,1-3,8-9,14H2,(H,26,32)(H,27,33). The van der Waals surface area contributed by atoms with Crippen LogP contribution in [0.1, 0.15) is 41.8 Å². The van der Waals surface area contributed by atoms with Gasteiger partial charge >= 0.3 is 0 Å². The highest BCUT2D eigenvalue weighted by molar-refractivity contribution is 7.21. The van der Waals surface area contributed by atoms with Crippen LogP contribution in [0.25, 0.3) is 21.5 Å². The number of nitrogens with one attached hydrogen (secondary N) is 2. The molecule has 0 saturated heterocycles. The third-order valence-electron chi connectivity index (χ3n) is 5.87. The Morgan fingerprint density at radius 1 is 1.06 bits per heavy atom. The number of tetrazole rings is 1. The van der Waals surface area contributed by atoms with Crippen molar-refractivity contribution < 1.29 is 9.59 Å². The Morgan fingerprint density at radius 3 is 2.65 bits per heavy atom. The van der Waals surface area contributed by atoms with Gasteiger partial charge in [0.2, 0.25) is 11.7 Å². The molecule has 10 heteroatoms. The lowest BCUT2D eigenvalue weighted by atomic mass is 9.95. The lowest BCUT2D eigenvalue weighted by molar-refractivity contribution is -0.123. The Labute approximate surface area is 205 Å². The Kier molecular flexibility index (Phi) is 6.55. The van der Waals surface area contributed by atoms with Crippen molar-refractivity contribution in [2.45, 2.75) is 44.7 Å². The number of para-hydroxylation sites is 1. The van der Waals surface area contributed by atoms with E-state index in [0.29, 0.717) is 27.0 Å². The molecule has 2 aromatic carbocycles. The summed E-state index contributed by atoms with van der Waals surface area (Å²) < 4.78 is 0.946. The van der Waals surface area contributed by atoms with Crippen LogP contribution < -0.4 is 10.6 Å². The molecule has 0 aliphatic heterocycles. The van der Waals surface area contributed by atoms with Crippen molar-refractivity contribution in [3.05, 3.63) is 58.4 Å². The minimum absolute atomic E-state index is 0.00455. The number of anilines is 1. The van der Waals surface area contributed by atoms with E-state index in [0.717, 1.165) is 35.8 Å². The molecule has 34 heavy (non-hydrogen) atoms. The van der Waals surface area contributed by atoms with Crippen LogP contribution in [0.5, 0.6) is 0 Å². The van der Waals surface area contributed by atoms with Gasteiger partial charge in [-0.15, -0.1) is 21.5 Å². The third kappa shape index (κ3) is 4.80. The van der Waals surface area contributed by atoms with E-state index in [1.54, 1.807) is 12.1 Å². The van der Waals surface area contributed by atoms with E-state index >= 15 is 0 Å². The number of aromatic nitrogens is 4. The summed E-state index contributed by atoms with van der Waals surface area (Å²) in [5, 5.41) is 19.8. The van der Waals surface area contributed by atoms with E-state index in [-0.39, 0.29) is 24.4 Å². The average molecular weight is 495 g/mol. The minimum atomic E-state index is -0.307. The lowest BCUT2D eigenvalue weighted by Gasteiger charge is -2.22. The van der Waals surface area contributed by atoms with Gasteiger partial charge < -0.3 is 10.6 Å². The molecule has 0 atom stereocenters. The fourth-order valence-corrected chi connectivity index (χ4v) is 5.61. The van der Waals surface area contributed by atoms with Gasteiger partial charge in [0.25, 0.3) is 5.91 Å². The molecule has 2 aromatic heterocycles. The molecule has 4 aromatic rings. The summed E-state index contributed by atoms with van der Waals surface area (Å²) in [5.74, 6) is -0.112. The van der Waals surface area contributed by atoms with E-state index < -0.39 is 0 Å². The van der Waals surface area contributed by atoms with Crippen LogP contribution in [-0.4, -0.2) is 38.1 Å². The molecule has 2 N–H and O–H groups in total. The van der Waals surface area contributed by atoms with Crippen LogP contribution in [0.2, 0.25) is 5.02 Å². The van der Waals surface area contributed by atoms with Crippen molar-refractivity contribution in [2.24, 2.45) is 0 Å². The first-order valence-corrected chi connectivity index (χ1v) is 12.4. The zero-order valence-electron chi connectivity index (χ0n) is 18.3. The quantitative estimate of drug-likeness (QED) is 0.396. The van der Waals surface area contributed by atoms with Crippen LogP contribution in [0, 0.1) is 0 Å². The summed E-state index contributed by atoms with van der Waals surface area (Å²) in [4.78, 5) is 27.1. The van der Waals surface area contributed by atoms with Crippen molar-refractivity contribution in [1.82, 2.24) is 25.5 Å². The van der Waals surface area contributed by atoms with Gasteiger partial charge in [-0.2, -0.15) is 4.80 Å². The molecule has 5 rings (SSSR count). The Bertz CT molecular complexity index is 1340. The zero-order chi connectivity index (χ0) is 23.5. The van der Waals surface area contributed by atoms with Crippen molar-refractivity contribution in [3.63, 3.8) is 0 Å². The highest BCUT2D eigenvalue weighted by atomic mass is 35.5. The number of hydrogen-bond donors (Lipinski definition) is 2. The molecule has 0 spiro atoms. The first-order chi connectivity index (χ1) is 16.6. The van der Waals surface area contributed by atoms with Gasteiger partial charge in [0.1, 0.15) is 11.4 Å². The average Bonchev–Trinajstić information content (AvgIpc) is 3.44. The van der Waals surface area contributed by atoms with Gasteiger partial charge in [-0.25, -0.2) is 0 Å². The first-order valence-electron chi connectivity index (χ1n) is 11.2. The van der Waals surface area contributed by atoms with E-state index in [1.165, 1.54) is 22.6 Å². The van der Waals surface area contributed by atoms with Crippen LogP contribution in [0.15, 0.2) is 48.5 Å². The maximum Gasteiger partial charge on any atom is 0.267 e. The number of fused-ring (bicyclic) bond motifs is 1. The van der Waals surface area contributed by atoms with Crippen LogP contribution >= 0.6 is 22.9 Å². The number of halogens is 1. The molecule has 174 valence electrons. The Balaban J connectivity index is 1.31. The second-order valence-electron chi connectivity index (χ2n) is 8.29. The maximum atomic E-state index is 13.0. The number of nitrogens with zero attached hydrogens (tertiary/aromatic N) is 4. The molecule has 1 aliphatic carbocycles. The third-order valence-corrected chi connectivity index (χ3v) is 7.54. The summed E-state index contributed by atoms with van der Waals surface area (Å²) in [5.41, 5.74) is 1.14. The number of hydrogen-bond acceptors (Lipinski definition) is 6. The largest absolute Gasteiger partial charge is 0.352 e. The van der Waals surface area contributed by atoms with Crippen LogP contribution in [0.4, 0.5) is 5.69 Å². The molecule has 1 saturated carbocycles. The van der Waals surface area contributed by atoms with Crippen LogP contribution in [0.3, 0.4) is 0 Å². The van der Waals surface area contributed by atoms with E-state index in [2.05, 4.69) is 26.0 Å². The molecule has 1 aliphatic rings. The Hall–Kier alpha value is -3.30. The first kappa shape index (κ1) is 22.5. The summed E-state index contributed by atoms with van der Waals surface area (Å²) in [6, 6.07) is 15.1. The number of carbonyl (C=O) groups excluding carboxylic acids is 2. The molecule has 2 amide bonds. The molecular formula is C24H23ClN6O2S. The summed E-state index contributed by atoms with van der Waals surface area (Å²) in [7, 11) is 0. The normalized spacial score (nSPS) is 14.3. The highest BCUT2D eigenvalue weighted by Crippen LogP contribution is 2.36. The van der Waals surface area contributed by atoms with Crippen molar-refractivity contribution >= 4 is 50.5 Å². The number of rotatable bonds is 6. The lowest BCUT2D eigenvalue weighted by Crippen LogP contribution is -2.38. The molecule has 0 unspecified atom stereocenters. The SMILES string of the molecule is O=C(Cn1nnc(-c2ccccc2NC(=O)c2sc3ccccc3c2Cl)n1)NC1CCCCC1. The number of thiophene rings is 1. The fourth-order valence-electron chi connectivity index (χ4n) is 4.19. The molecule has 1 fully saturated rings. The van der Waals surface area contributed by atoms with Gasteiger partial charge in [0.15, 0.2) is 0 Å². The van der Waals surface area contributed by atoms with Crippen molar-refractivity contribution in [2.75, 3.05) is 5.32 Å². The monoisotopic (exact) mass is 494 g/mol. The molecule has 0 bridgehead atoms. The van der Waals surface area contributed by atoms with E-state index in [1.807, 2.05) is 36.4 Å². The van der Waals surface area contributed by atoms with E-state index in [4.69, 9.17) is 11.6 Å². The summed E-state index contributed by atoms with van der Waals surface area (Å²) >= 11 is 7.81. The number of amides is 2. The van der Waals surface area contributed by atoms with E-state index in [9.17, 15) is 9.59 Å².